The molecule has 0 bridgehead atoms. The predicted octanol–water partition coefficient (Wildman–Crippen LogP) is 7.21. The molecule has 2 aromatic rings. The van der Waals surface area contributed by atoms with Crippen molar-refractivity contribution < 1.29 is 4.57 Å². The average molecular weight is 426 g/mol. The smallest absolute Gasteiger partial charge is 0.169 e. The van der Waals surface area contributed by atoms with Crippen LogP contribution in [0.4, 0.5) is 5.69 Å². The number of anilines is 1. The fraction of sp³-hybridized carbons (Fsp3) is 0.519. The fourth-order valence-corrected chi connectivity index (χ4v) is 3.92. The molecule has 0 saturated heterocycles. The first-order chi connectivity index (χ1) is 14.5. The van der Waals surface area contributed by atoms with Gasteiger partial charge in [0.1, 0.15) is 0 Å². The largest absolute Gasteiger partial charge is 0.375 e. The quantitative estimate of drug-likeness (QED) is 0.202. The first kappa shape index (κ1) is 24.5. The van der Waals surface area contributed by atoms with E-state index in [1.807, 2.05) is 0 Å². The minimum Gasteiger partial charge on any atom is -0.375 e. The molecule has 2 nitrogen and oxygen atoms in total. The summed E-state index contributed by atoms with van der Waals surface area (Å²) in [5, 5.41) is 0.593. The van der Waals surface area contributed by atoms with Crippen LogP contribution >= 0.6 is 12.6 Å². The molecule has 0 radical (unpaired) electrons. The van der Waals surface area contributed by atoms with Gasteiger partial charge in [0.15, 0.2) is 18.4 Å². The standard InChI is InChI=1S/C27H40N2S/c1-5-6-10-27(30)11-8-7-9-20-28(4)26-16-14-24(15-17-26)12-13-25-18-21-29(22-19-25)23(2)3/h12-19,21-23,27H,5-11,20H2,1-4H3/p+1. The van der Waals surface area contributed by atoms with Gasteiger partial charge in [0.05, 0.1) is 0 Å². The molecule has 0 spiro atoms. The van der Waals surface area contributed by atoms with Crippen molar-refractivity contribution in [1.29, 1.82) is 0 Å². The van der Waals surface area contributed by atoms with E-state index >= 15 is 0 Å². The molecule has 0 aliphatic carbocycles. The first-order valence-corrected chi connectivity index (χ1v) is 12.2. The summed E-state index contributed by atoms with van der Waals surface area (Å²) in [6, 6.07) is 13.7. The summed E-state index contributed by atoms with van der Waals surface area (Å²) in [5.74, 6) is 0. The molecule has 1 aromatic heterocycles. The Balaban J connectivity index is 1.73. The van der Waals surface area contributed by atoms with Crippen molar-refractivity contribution in [3.8, 4) is 0 Å². The second-order valence-electron chi connectivity index (χ2n) is 8.66. The lowest BCUT2D eigenvalue weighted by molar-refractivity contribution is -0.716. The van der Waals surface area contributed by atoms with Crippen LogP contribution in [0.3, 0.4) is 0 Å². The predicted molar refractivity (Wildman–Crippen MR) is 136 cm³/mol. The number of unbranched alkanes of at least 4 members (excludes halogenated alkanes) is 3. The monoisotopic (exact) mass is 425 g/mol. The van der Waals surface area contributed by atoms with Crippen LogP contribution in [0.15, 0.2) is 48.8 Å². The maximum absolute atomic E-state index is 4.71. The Kier molecular flexibility index (Phi) is 11.1. The highest BCUT2D eigenvalue weighted by atomic mass is 32.1. The molecular formula is C27H41N2S+. The Bertz CT molecular complexity index is 734. The number of rotatable bonds is 13. The van der Waals surface area contributed by atoms with Gasteiger partial charge in [-0.1, -0.05) is 56.9 Å². The molecule has 1 heterocycles. The molecule has 0 aliphatic heterocycles. The minimum absolute atomic E-state index is 0.498. The summed E-state index contributed by atoms with van der Waals surface area (Å²) in [5.41, 5.74) is 3.76. The van der Waals surface area contributed by atoms with Crippen LogP contribution in [-0.4, -0.2) is 18.8 Å². The number of aromatic nitrogens is 1. The number of nitrogens with zero attached hydrogens (tertiary/aromatic N) is 2. The second-order valence-corrected chi connectivity index (χ2v) is 9.39. The number of benzene rings is 1. The van der Waals surface area contributed by atoms with E-state index in [4.69, 9.17) is 12.6 Å². The summed E-state index contributed by atoms with van der Waals surface area (Å²) in [6.07, 6.45) is 17.6. The molecule has 0 amide bonds. The lowest BCUT2D eigenvalue weighted by Crippen LogP contribution is -2.34. The van der Waals surface area contributed by atoms with Crippen molar-refractivity contribution in [2.24, 2.45) is 0 Å². The molecular weight excluding hydrogens is 384 g/mol. The summed E-state index contributed by atoms with van der Waals surface area (Å²) >= 11 is 4.71. The highest BCUT2D eigenvalue weighted by molar-refractivity contribution is 7.80. The van der Waals surface area contributed by atoms with E-state index in [0.717, 1.165) is 6.54 Å². The average Bonchev–Trinajstić information content (AvgIpc) is 2.76. The molecule has 1 atom stereocenters. The van der Waals surface area contributed by atoms with Gasteiger partial charge < -0.3 is 4.90 Å². The molecule has 0 saturated carbocycles. The third-order valence-corrected chi connectivity index (χ3v) is 6.21. The molecule has 2 rings (SSSR count). The van der Waals surface area contributed by atoms with Gasteiger partial charge in [-0.15, -0.1) is 0 Å². The van der Waals surface area contributed by atoms with Crippen molar-refractivity contribution in [2.75, 3.05) is 18.5 Å². The number of pyridine rings is 1. The fourth-order valence-electron chi connectivity index (χ4n) is 3.56. The van der Waals surface area contributed by atoms with Crippen molar-refractivity contribution in [2.45, 2.75) is 77.0 Å². The van der Waals surface area contributed by atoms with Crippen molar-refractivity contribution in [3.05, 3.63) is 59.9 Å². The molecule has 0 fully saturated rings. The Hall–Kier alpha value is -1.74. The van der Waals surface area contributed by atoms with Crippen molar-refractivity contribution in [1.82, 2.24) is 0 Å². The maximum Gasteiger partial charge on any atom is 0.169 e. The number of hydrogen-bond donors (Lipinski definition) is 1. The third kappa shape index (κ3) is 8.95. The van der Waals surface area contributed by atoms with E-state index in [-0.39, 0.29) is 0 Å². The van der Waals surface area contributed by atoms with Crippen molar-refractivity contribution in [3.63, 3.8) is 0 Å². The van der Waals surface area contributed by atoms with Gasteiger partial charge in [-0.2, -0.15) is 12.6 Å². The molecule has 164 valence electrons. The number of hydrogen-bond acceptors (Lipinski definition) is 2. The SMILES string of the molecule is CCCCC(S)CCCCCN(C)c1ccc(/C=C/c2cc[n+](C(C)C)cc2)cc1. The Morgan fingerprint density at radius 2 is 1.47 bits per heavy atom. The van der Waals surface area contributed by atoms with E-state index in [1.54, 1.807) is 0 Å². The van der Waals surface area contributed by atoms with Crippen LogP contribution in [0.5, 0.6) is 0 Å². The van der Waals surface area contributed by atoms with E-state index in [9.17, 15) is 0 Å². The van der Waals surface area contributed by atoms with E-state index < -0.39 is 0 Å². The first-order valence-electron chi connectivity index (χ1n) is 11.7. The Morgan fingerprint density at radius 3 is 2.07 bits per heavy atom. The second kappa shape index (κ2) is 13.5. The highest BCUT2D eigenvalue weighted by Gasteiger charge is 2.05. The topological polar surface area (TPSA) is 7.12 Å². The Morgan fingerprint density at radius 1 is 0.867 bits per heavy atom. The molecule has 30 heavy (non-hydrogen) atoms. The number of thiol groups is 1. The summed E-state index contributed by atoms with van der Waals surface area (Å²) in [6.45, 7) is 7.76. The molecule has 1 aromatic carbocycles. The summed E-state index contributed by atoms with van der Waals surface area (Å²) < 4.78 is 2.21. The summed E-state index contributed by atoms with van der Waals surface area (Å²) in [4.78, 5) is 2.37. The zero-order valence-electron chi connectivity index (χ0n) is 19.4. The molecule has 3 heteroatoms. The van der Waals surface area contributed by atoms with Gasteiger partial charge >= 0.3 is 0 Å². The van der Waals surface area contributed by atoms with Gasteiger partial charge in [-0.3, -0.25) is 0 Å². The summed E-state index contributed by atoms with van der Waals surface area (Å²) in [7, 11) is 2.20. The van der Waals surface area contributed by atoms with E-state index in [2.05, 4.69) is 98.2 Å². The lowest BCUT2D eigenvalue weighted by Gasteiger charge is -2.19. The van der Waals surface area contributed by atoms with Crippen LogP contribution in [-0.2, 0) is 0 Å². The van der Waals surface area contributed by atoms with Gasteiger partial charge in [0, 0.05) is 36.7 Å². The third-order valence-electron chi connectivity index (χ3n) is 5.70. The lowest BCUT2D eigenvalue weighted by atomic mass is 10.1. The van der Waals surface area contributed by atoms with Crippen LogP contribution in [0.1, 0.15) is 82.9 Å². The zero-order chi connectivity index (χ0) is 21.8. The Labute approximate surface area is 190 Å². The van der Waals surface area contributed by atoms with Crippen LogP contribution < -0.4 is 9.47 Å². The molecule has 1 unspecified atom stereocenters. The molecule has 0 aliphatic rings. The normalized spacial score (nSPS) is 12.6. The minimum atomic E-state index is 0.498. The van der Waals surface area contributed by atoms with Gasteiger partial charge in [0.25, 0.3) is 0 Å². The van der Waals surface area contributed by atoms with Crippen LogP contribution in [0, 0.1) is 0 Å². The van der Waals surface area contributed by atoms with E-state index in [1.165, 1.54) is 61.8 Å². The van der Waals surface area contributed by atoms with Gasteiger partial charge in [-0.05, 0) is 56.4 Å². The van der Waals surface area contributed by atoms with Gasteiger partial charge in [-0.25, -0.2) is 4.57 Å². The maximum atomic E-state index is 4.71. The molecule has 0 N–H and O–H groups in total. The highest BCUT2D eigenvalue weighted by Crippen LogP contribution is 2.18. The van der Waals surface area contributed by atoms with Gasteiger partial charge in [0.2, 0.25) is 0 Å². The van der Waals surface area contributed by atoms with Crippen molar-refractivity contribution >= 4 is 30.5 Å². The zero-order valence-corrected chi connectivity index (χ0v) is 20.3. The van der Waals surface area contributed by atoms with E-state index in [0.29, 0.717) is 11.3 Å². The van der Waals surface area contributed by atoms with Crippen LogP contribution in [0.2, 0.25) is 0 Å². The van der Waals surface area contributed by atoms with Crippen LogP contribution in [0.25, 0.3) is 12.2 Å².